The zero-order valence-electron chi connectivity index (χ0n) is 12.8. The number of hydrogen-bond donors (Lipinski definition) is 1. The van der Waals surface area contributed by atoms with Crippen LogP contribution in [0.3, 0.4) is 0 Å². The van der Waals surface area contributed by atoms with Crippen LogP contribution in [0.2, 0.25) is 5.02 Å². The molecule has 1 unspecified atom stereocenters. The third-order valence-corrected chi connectivity index (χ3v) is 4.50. The predicted molar refractivity (Wildman–Crippen MR) is 88.7 cm³/mol. The van der Waals surface area contributed by atoms with Gasteiger partial charge in [-0.3, -0.25) is 0 Å². The molecule has 2 rings (SSSR count). The molecule has 0 bridgehead atoms. The summed E-state index contributed by atoms with van der Waals surface area (Å²) in [6, 6.07) is 7.04. The monoisotopic (exact) mass is 294 g/mol. The van der Waals surface area contributed by atoms with Gasteiger partial charge in [-0.05, 0) is 49.6 Å². The van der Waals surface area contributed by atoms with Crippen LogP contribution in [0.15, 0.2) is 18.2 Å². The number of benzene rings is 1. The van der Waals surface area contributed by atoms with E-state index in [1.807, 2.05) is 6.07 Å². The first-order chi connectivity index (χ1) is 9.76. The number of nitrogens with one attached hydrogen (secondary N) is 1. The Morgan fingerprint density at radius 2 is 2.10 bits per heavy atom. The predicted octanol–water partition coefficient (Wildman–Crippen LogP) is 4.61. The van der Waals surface area contributed by atoms with Crippen molar-refractivity contribution >= 4 is 17.3 Å². The van der Waals surface area contributed by atoms with Crippen LogP contribution in [0.1, 0.15) is 51.5 Å². The fourth-order valence-corrected chi connectivity index (χ4v) is 3.35. The average Bonchev–Trinajstić information content (AvgIpc) is 2.70. The fraction of sp³-hybridized carbons (Fsp3) is 0.647. The van der Waals surface area contributed by atoms with Crippen LogP contribution in [0, 0.1) is 0 Å². The third kappa shape index (κ3) is 3.89. The van der Waals surface area contributed by atoms with Gasteiger partial charge in [-0.25, -0.2) is 0 Å². The Morgan fingerprint density at radius 3 is 2.85 bits per heavy atom. The largest absolute Gasteiger partial charge is 0.368 e. The molecule has 1 aromatic carbocycles. The molecule has 2 nitrogen and oxygen atoms in total. The maximum absolute atomic E-state index is 6.19. The third-order valence-electron chi connectivity index (χ3n) is 4.26. The lowest BCUT2D eigenvalue weighted by Crippen LogP contribution is -2.35. The van der Waals surface area contributed by atoms with Gasteiger partial charge in [-0.2, -0.15) is 0 Å². The minimum absolute atomic E-state index is 0.680. The molecular formula is C17H27ClN2. The summed E-state index contributed by atoms with van der Waals surface area (Å²) in [5, 5.41) is 4.27. The summed E-state index contributed by atoms with van der Waals surface area (Å²) in [7, 11) is 0. The van der Waals surface area contributed by atoms with Gasteiger partial charge in [0, 0.05) is 29.8 Å². The molecule has 1 aliphatic rings. The Balaban J connectivity index is 2.28. The lowest BCUT2D eigenvalue weighted by atomic mass is 10.0. The Hall–Kier alpha value is -0.730. The van der Waals surface area contributed by atoms with E-state index in [4.69, 9.17) is 11.6 Å². The highest BCUT2D eigenvalue weighted by Crippen LogP contribution is 2.30. The van der Waals surface area contributed by atoms with Crippen molar-refractivity contribution in [1.29, 1.82) is 0 Å². The Kier molecular flexibility index (Phi) is 6.18. The van der Waals surface area contributed by atoms with E-state index < -0.39 is 0 Å². The molecular weight excluding hydrogens is 268 g/mol. The van der Waals surface area contributed by atoms with Crippen LogP contribution in [-0.4, -0.2) is 19.1 Å². The van der Waals surface area contributed by atoms with Crippen LogP contribution in [0.25, 0.3) is 0 Å². The topological polar surface area (TPSA) is 15.3 Å². The normalized spacial score (nSPS) is 19.9. The summed E-state index contributed by atoms with van der Waals surface area (Å²) in [5.74, 6) is 0. The molecule has 0 saturated carbocycles. The molecule has 20 heavy (non-hydrogen) atoms. The number of halogens is 1. The zero-order chi connectivity index (χ0) is 14.4. The summed E-state index contributed by atoms with van der Waals surface area (Å²) in [6.45, 7) is 7.52. The minimum atomic E-state index is 0.680. The van der Waals surface area contributed by atoms with E-state index in [2.05, 4.69) is 36.2 Å². The van der Waals surface area contributed by atoms with Crippen molar-refractivity contribution < 1.29 is 0 Å². The molecule has 1 atom stereocenters. The number of anilines is 1. The first-order valence-electron chi connectivity index (χ1n) is 8.02. The first-order valence-corrected chi connectivity index (χ1v) is 8.39. The SMILES string of the molecule is CCNCc1cc(Cl)ccc1N1CCCCCC1CC. The summed E-state index contributed by atoms with van der Waals surface area (Å²) >= 11 is 6.19. The lowest BCUT2D eigenvalue weighted by molar-refractivity contribution is 0.554. The van der Waals surface area contributed by atoms with Crippen LogP contribution >= 0.6 is 11.6 Å². The molecule has 1 fully saturated rings. The van der Waals surface area contributed by atoms with Crippen LogP contribution in [0.5, 0.6) is 0 Å². The number of hydrogen-bond acceptors (Lipinski definition) is 2. The molecule has 3 heteroatoms. The fourth-order valence-electron chi connectivity index (χ4n) is 3.15. The van der Waals surface area contributed by atoms with E-state index in [0.717, 1.165) is 18.1 Å². The minimum Gasteiger partial charge on any atom is -0.368 e. The average molecular weight is 295 g/mol. The van der Waals surface area contributed by atoms with Crippen molar-refractivity contribution in [3.8, 4) is 0 Å². The van der Waals surface area contributed by atoms with Gasteiger partial charge < -0.3 is 10.2 Å². The molecule has 0 amide bonds. The summed E-state index contributed by atoms with van der Waals surface area (Å²) < 4.78 is 0. The molecule has 0 radical (unpaired) electrons. The van der Waals surface area contributed by atoms with Crippen molar-refractivity contribution in [1.82, 2.24) is 5.32 Å². The van der Waals surface area contributed by atoms with Crippen molar-refractivity contribution in [2.75, 3.05) is 18.0 Å². The molecule has 0 aliphatic carbocycles. The maximum atomic E-state index is 6.19. The van der Waals surface area contributed by atoms with E-state index in [-0.39, 0.29) is 0 Å². The standard InChI is InChI=1S/C17H27ClN2/c1-3-16-8-6-5-7-11-20(16)17-10-9-15(18)12-14(17)13-19-4-2/h9-10,12,16,19H,3-8,11,13H2,1-2H3. The molecule has 1 aromatic rings. The quantitative estimate of drug-likeness (QED) is 0.853. The van der Waals surface area contributed by atoms with Crippen molar-refractivity contribution in [2.45, 2.75) is 58.5 Å². The van der Waals surface area contributed by atoms with E-state index in [0.29, 0.717) is 6.04 Å². The molecule has 112 valence electrons. The second kappa shape index (κ2) is 7.90. The molecule has 1 saturated heterocycles. The van der Waals surface area contributed by atoms with E-state index in [1.54, 1.807) is 0 Å². The van der Waals surface area contributed by atoms with E-state index in [1.165, 1.54) is 49.9 Å². The summed E-state index contributed by atoms with van der Waals surface area (Å²) in [5.41, 5.74) is 2.71. The van der Waals surface area contributed by atoms with Crippen molar-refractivity contribution in [2.24, 2.45) is 0 Å². The highest BCUT2D eigenvalue weighted by Gasteiger charge is 2.21. The second-order valence-electron chi connectivity index (χ2n) is 5.66. The zero-order valence-corrected chi connectivity index (χ0v) is 13.5. The molecule has 1 aliphatic heterocycles. The Morgan fingerprint density at radius 1 is 1.25 bits per heavy atom. The second-order valence-corrected chi connectivity index (χ2v) is 6.09. The van der Waals surface area contributed by atoms with E-state index in [9.17, 15) is 0 Å². The molecule has 0 spiro atoms. The van der Waals surface area contributed by atoms with Gasteiger partial charge in [0.2, 0.25) is 0 Å². The van der Waals surface area contributed by atoms with Crippen molar-refractivity contribution in [3.63, 3.8) is 0 Å². The summed E-state index contributed by atoms with van der Waals surface area (Å²) in [4.78, 5) is 2.62. The van der Waals surface area contributed by atoms with Crippen LogP contribution < -0.4 is 10.2 Å². The smallest absolute Gasteiger partial charge is 0.0415 e. The van der Waals surface area contributed by atoms with Gasteiger partial charge in [-0.1, -0.05) is 38.3 Å². The summed E-state index contributed by atoms with van der Waals surface area (Å²) in [6.07, 6.45) is 6.58. The highest BCUT2D eigenvalue weighted by molar-refractivity contribution is 6.30. The molecule has 0 aromatic heterocycles. The van der Waals surface area contributed by atoms with Gasteiger partial charge in [0.15, 0.2) is 0 Å². The van der Waals surface area contributed by atoms with Gasteiger partial charge >= 0.3 is 0 Å². The molecule has 1 heterocycles. The van der Waals surface area contributed by atoms with Gasteiger partial charge in [0.1, 0.15) is 0 Å². The highest BCUT2D eigenvalue weighted by atomic mass is 35.5. The lowest BCUT2D eigenvalue weighted by Gasteiger charge is -2.33. The Labute approximate surface area is 128 Å². The number of rotatable bonds is 5. The van der Waals surface area contributed by atoms with Gasteiger partial charge in [0.25, 0.3) is 0 Å². The van der Waals surface area contributed by atoms with Crippen LogP contribution in [0.4, 0.5) is 5.69 Å². The maximum Gasteiger partial charge on any atom is 0.0415 e. The molecule has 1 N–H and O–H groups in total. The Bertz CT molecular complexity index is 419. The van der Waals surface area contributed by atoms with Crippen LogP contribution in [-0.2, 0) is 6.54 Å². The van der Waals surface area contributed by atoms with E-state index >= 15 is 0 Å². The van der Waals surface area contributed by atoms with Gasteiger partial charge in [0.05, 0.1) is 0 Å². The van der Waals surface area contributed by atoms with Gasteiger partial charge in [-0.15, -0.1) is 0 Å². The number of nitrogens with zero attached hydrogens (tertiary/aromatic N) is 1. The first kappa shape index (κ1) is 15.7. The van der Waals surface area contributed by atoms with Crippen molar-refractivity contribution in [3.05, 3.63) is 28.8 Å².